The lowest BCUT2D eigenvalue weighted by Gasteiger charge is -2.10. The Balaban J connectivity index is 3.11. The van der Waals surface area contributed by atoms with E-state index in [-0.39, 0.29) is 24.5 Å². The Morgan fingerprint density at radius 3 is 2.41 bits per heavy atom. The standard InChI is InChI=1S/C10H12N2O5/c1-3-16-8(13)6-5-11-10(15)12-7(6)9(14)17-4-2/h5H,3-4H2,1-2H3,(H,11,12,15)/p-1. The molecule has 0 aliphatic heterocycles. The summed E-state index contributed by atoms with van der Waals surface area (Å²) in [5.41, 5.74) is -0.546. The molecule has 0 fully saturated rings. The number of ether oxygens (including phenoxy) is 2. The van der Waals surface area contributed by atoms with Gasteiger partial charge < -0.3 is 14.6 Å². The van der Waals surface area contributed by atoms with Gasteiger partial charge in [0.05, 0.1) is 19.2 Å². The van der Waals surface area contributed by atoms with Crippen molar-refractivity contribution in [1.29, 1.82) is 0 Å². The molecular weight excluding hydrogens is 228 g/mol. The third-order valence-corrected chi connectivity index (χ3v) is 1.73. The van der Waals surface area contributed by atoms with Crippen molar-refractivity contribution >= 4 is 11.9 Å². The van der Waals surface area contributed by atoms with E-state index in [1.807, 2.05) is 0 Å². The van der Waals surface area contributed by atoms with Crippen LogP contribution in [0.15, 0.2) is 6.20 Å². The van der Waals surface area contributed by atoms with Crippen molar-refractivity contribution in [1.82, 2.24) is 9.97 Å². The van der Waals surface area contributed by atoms with Crippen molar-refractivity contribution in [2.75, 3.05) is 13.2 Å². The molecule has 92 valence electrons. The molecule has 0 radical (unpaired) electrons. The van der Waals surface area contributed by atoms with Gasteiger partial charge in [-0.05, 0) is 13.8 Å². The van der Waals surface area contributed by atoms with Crippen molar-refractivity contribution < 1.29 is 24.2 Å². The van der Waals surface area contributed by atoms with Crippen LogP contribution < -0.4 is 5.11 Å². The van der Waals surface area contributed by atoms with E-state index in [0.717, 1.165) is 6.20 Å². The largest absolute Gasteiger partial charge is 0.844 e. The van der Waals surface area contributed by atoms with Gasteiger partial charge in [0.15, 0.2) is 5.69 Å². The minimum Gasteiger partial charge on any atom is -0.844 e. The summed E-state index contributed by atoms with van der Waals surface area (Å²) < 4.78 is 9.38. The Kier molecular flexibility index (Phi) is 4.38. The SMILES string of the molecule is CCOC(=O)c1cnc([O-])nc1C(=O)OCC. The number of hydrogen-bond donors (Lipinski definition) is 0. The Morgan fingerprint density at radius 1 is 1.24 bits per heavy atom. The van der Waals surface area contributed by atoms with Crippen LogP contribution in [0.1, 0.15) is 34.7 Å². The number of carbonyl (C=O) groups is 2. The molecule has 0 spiro atoms. The predicted molar refractivity (Wildman–Crippen MR) is 53.4 cm³/mol. The minimum atomic E-state index is -0.860. The van der Waals surface area contributed by atoms with Crippen LogP contribution >= 0.6 is 0 Å². The molecule has 0 aromatic carbocycles. The van der Waals surface area contributed by atoms with Crippen LogP contribution in [-0.2, 0) is 9.47 Å². The van der Waals surface area contributed by atoms with Crippen LogP contribution in [0.5, 0.6) is 6.01 Å². The van der Waals surface area contributed by atoms with Crippen LogP contribution in [0.4, 0.5) is 0 Å². The van der Waals surface area contributed by atoms with Crippen molar-refractivity contribution in [2.45, 2.75) is 13.8 Å². The summed E-state index contributed by atoms with van der Waals surface area (Å²) in [5, 5.41) is 10.9. The highest BCUT2D eigenvalue weighted by atomic mass is 16.5. The summed E-state index contributed by atoms with van der Waals surface area (Å²) in [6.45, 7) is 3.46. The predicted octanol–water partition coefficient (Wildman–Crippen LogP) is -0.0964. The van der Waals surface area contributed by atoms with Crippen LogP contribution in [-0.4, -0.2) is 35.1 Å². The summed E-state index contributed by atoms with van der Waals surface area (Å²) in [6, 6.07) is -0.860. The molecule has 0 aliphatic carbocycles. The fourth-order valence-corrected chi connectivity index (χ4v) is 1.08. The number of aromatic nitrogens is 2. The van der Waals surface area contributed by atoms with Gasteiger partial charge in [-0.15, -0.1) is 0 Å². The number of hydrogen-bond acceptors (Lipinski definition) is 7. The molecule has 0 N–H and O–H groups in total. The van der Waals surface area contributed by atoms with Crippen LogP contribution in [0.2, 0.25) is 0 Å². The first-order valence-corrected chi connectivity index (χ1v) is 4.98. The summed E-state index contributed by atoms with van der Waals surface area (Å²) in [7, 11) is 0. The van der Waals surface area contributed by atoms with E-state index in [9.17, 15) is 14.7 Å². The summed E-state index contributed by atoms with van der Waals surface area (Å²) in [4.78, 5) is 29.6. The smallest absolute Gasteiger partial charge is 0.357 e. The van der Waals surface area contributed by atoms with Gasteiger partial charge in [0.1, 0.15) is 5.56 Å². The van der Waals surface area contributed by atoms with Crippen molar-refractivity contribution in [3.05, 3.63) is 17.5 Å². The highest BCUT2D eigenvalue weighted by Crippen LogP contribution is 2.10. The number of carbonyl (C=O) groups excluding carboxylic acids is 2. The summed E-state index contributed by atoms with van der Waals surface area (Å²) >= 11 is 0. The second-order valence-electron chi connectivity index (χ2n) is 2.86. The maximum absolute atomic E-state index is 11.5. The molecule has 0 saturated carbocycles. The first kappa shape index (κ1) is 12.9. The van der Waals surface area contributed by atoms with Crippen LogP contribution in [0, 0.1) is 0 Å². The minimum absolute atomic E-state index is 0.110. The van der Waals surface area contributed by atoms with E-state index in [4.69, 9.17) is 4.74 Å². The molecule has 0 atom stereocenters. The second-order valence-corrected chi connectivity index (χ2v) is 2.86. The van der Waals surface area contributed by atoms with Crippen LogP contribution in [0.3, 0.4) is 0 Å². The Bertz CT molecular complexity index is 433. The summed E-state index contributed by atoms with van der Waals surface area (Å²) in [6.07, 6.45) is 0.958. The number of rotatable bonds is 4. The lowest BCUT2D eigenvalue weighted by molar-refractivity contribution is -0.281. The lowest BCUT2D eigenvalue weighted by atomic mass is 10.2. The lowest BCUT2D eigenvalue weighted by Crippen LogP contribution is -2.18. The number of nitrogens with zero attached hydrogens (tertiary/aromatic N) is 2. The zero-order valence-electron chi connectivity index (χ0n) is 9.43. The Hall–Kier alpha value is -2.18. The highest BCUT2D eigenvalue weighted by molar-refractivity contribution is 6.01. The van der Waals surface area contributed by atoms with E-state index >= 15 is 0 Å². The highest BCUT2D eigenvalue weighted by Gasteiger charge is 2.21. The maximum atomic E-state index is 11.5. The average Bonchev–Trinajstić information content (AvgIpc) is 2.29. The fraction of sp³-hybridized carbons (Fsp3) is 0.400. The van der Waals surface area contributed by atoms with E-state index in [1.165, 1.54) is 0 Å². The molecule has 7 heteroatoms. The summed E-state index contributed by atoms with van der Waals surface area (Å²) in [5.74, 6) is -1.62. The first-order valence-electron chi connectivity index (χ1n) is 4.98. The third kappa shape index (κ3) is 3.13. The average molecular weight is 239 g/mol. The second kappa shape index (κ2) is 5.78. The molecule has 0 bridgehead atoms. The van der Waals surface area contributed by atoms with Crippen molar-refractivity contribution in [3.8, 4) is 6.01 Å². The topological polar surface area (TPSA) is 101 Å². The molecule has 0 unspecified atom stereocenters. The monoisotopic (exact) mass is 239 g/mol. The zero-order valence-corrected chi connectivity index (χ0v) is 9.43. The van der Waals surface area contributed by atoms with Gasteiger partial charge in [0.2, 0.25) is 0 Å². The molecule has 17 heavy (non-hydrogen) atoms. The van der Waals surface area contributed by atoms with E-state index in [1.54, 1.807) is 13.8 Å². The Labute approximate surface area is 97.4 Å². The van der Waals surface area contributed by atoms with Gasteiger partial charge in [-0.3, -0.25) is 4.98 Å². The quantitative estimate of drug-likeness (QED) is 0.676. The van der Waals surface area contributed by atoms with E-state index < -0.39 is 17.9 Å². The van der Waals surface area contributed by atoms with Gasteiger partial charge in [0.25, 0.3) is 0 Å². The van der Waals surface area contributed by atoms with Crippen LogP contribution in [0.25, 0.3) is 0 Å². The molecule has 0 amide bonds. The first-order chi connectivity index (χ1) is 8.10. The Morgan fingerprint density at radius 2 is 1.82 bits per heavy atom. The van der Waals surface area contributed by atoms with Crippen molar-refractivity contribution in [2.24, 2.45) is 0 Å². The van der Waals surface area contributed by atoms with Gasteiger partial charge in [-0.2, -0.15) is 0 Å². The maximum Gasteiger partial charge on any atom is 0.357 e. The molecule has 1 aromatic rings. The molecule has 1 rings (SSSR count). The number of esters is 2. The fourth-order valence-electron chi connectivity index (χ4n) is 1.08. The molecule has 0 aliphatic rings. The molecule has 1 heterocycles. The zero-order chi connectivity index (χ0) is 12.8. The van der Waals surface area contributed by atoms with Gasteiger partial charge in [0, 0.05) is 6.20 Å². The molecular formula is C10H11N2O5-. The van der Waals surface area contributed by atoms with E-state index in [2.05, 4.69) is 14.7 Å². The van der Waals surface area contributed by atoms with Gasteiger partial charge >= 0.3 is 11.9 Å². The van der Waals surface area contributed by atoms with Gasteiger partial charge in [-0.25, -0.2) is 14.6 Å². The van der Waals surface area contributed by atoms with Gasteiger partial charge in [-0.1, -0.05) is 0 Å². The van der Waals surface area contributed by atoms with E-state index in [0.29, 0.717) is 0 Å². The normalized spacial score (nSPS) is 9.76. The van der Waals surface area contributed by atoms with Crippen molar-refractivity contribution in [3.63, 3.8) is 0 Å². The molecule has 7 nitrogen and oxygen atoms in total. The third-order valence-electron chi connectivity index (χ3n) is 1.73. The molecule has 1 aromatic heterocycles. The molecule has 0 saturated heterocycles.